The highest BCUT2D eigenvalue weighted by Crippen LogP contribution is 2.31. The van der Waals surface area contributed by atoms with Gasteiger partial charge in [0.15, 0.2) is 0 Å². The third-order valence-corrected chi connectivity index (χ3v) is 5.79. The summed E-state index contributed by atoms with van der Waals surface area (Å²) < 4.78 is 54.3. The largest absolute Gasteiger partial charge is 0.487 e. The number of rotatable bonds is 7. The van der Waals surface area contributed by atoms with Crippen molar-refractivity contribution in [2.24, 2.45) is 0 Å². The molecule has 0 spiro atoms. The first-order chi connectivity index (χ1) is 16.3. The monoisotopic (exact) mass is 474 g/mol. The van der Waals surface area contributed by atoms with Gasteiger partial charge in [0.1, 0.15) is 30.4 Å². The predicted molar refractivity (Wildman–Crippen MR) is 118 cm³/mol. The SMILES string of the molecule is COC(=O)C1CCCCN1Cc1ccc(OCc2coc(-c3ccc(C(F)(F)F)cc3)n2)cc1. The number of ether oxygens (including phenoxy) is 2. The summed E-state index contributed by atoms with van der Waals surface area (Å²) in [4.78, 5) is 18.5. The van der Waals surface area contributed by atoms with E-state index < -0.39 is 11.7 Å². The summed E-state index contributed by atoms with van der Waals surface area (Å²) in [6, 6.07) is 12.0. The molecule has 0 amide bonds. The molecule has 2 aromatic carbocycles. The topological polar surface area (TPSA) is 64.8 Å². The Labute approximate surface area is 195 Å². The summed E-state index contributed by atoms with van der Waals surface area (Å²) in [6.07, 6.45) is -0.0856. The van der Waals surface area contributed by atoms with E-state index in [0.29, 0.717) is 23.6 Å². The van der Waals surface area contributed by atoms with Gasteiger partial charge in [-0.25, -0.2) is 4.98 Å². The molecule has 34 heavy (non-hydrogen) atoms. The van der Waals surface area contributed by atoms with E-state index in [1.807, 2.05) is 24.3 Å². The number of hydrogen-bond donors (Lipinski definition) is 0. The van der Waals surface area contributed by atoms with Crippen molar-refractivity contribution in [1.82, 2.24) is 9.88 Å². The van der Waals surface area contributed by atoms with Crippen molar-refractivity contribution < 1.29 is 31.9 Å². The van der Waals surface area contributed by atoms with E-state index in [0.717, 1.165) is 43.5 Å². The Balaban J connectivity index is 1.32. The van der Waals surface area contributed by atoms with E-state index in [2.05, 4.69) is 9.88 Å². The van der Waals surface area contributed by atoms with Crippen molar-refractivity contribution >= 4 is 5.97 Å². The molecule has 1 aromatic heterocycles. The molecule has 180 valence electrons. The number of halogens is 3. The van der Waals surface area contributed by atoms with Crippen molar-refractivity contribution in [3.05, 3.63) is 71.6 Å². The van der Waals surface area contributed by atoms with Crippen LogP contribution in [0, 0.1) is 0 Å². The Hall–Kier alpha value is -3.33. The number of carbonyl (C=O) groups excluding carboxylic acids is 1. The van der Waals surface area contributed by atoms with Gasteiger partial charge in [-0.2, -0.15) is 13.2 Å². The van der Waals surface area contributed by atoms with Gasteiger partial charge in [-0.3, -0.25) is 9.69 Å². The second-order valence-electron chi connectivity index (χ2n) is 8.16. The summed E-state index contributed by atoms with van der Waals surface area (Å²) in [5, 5.41) is 0. The highest BCUT2D eigenvalue weighted by atomic mass is 19.4. The molecule has 1 atom stereocenters. The molecule has 1 aliphatic rings. The van der Waals surface area contributed by atoms with Gasteiger partial charge >= 0.3 is 12.1 Å². The molecule has 4 rings (SSSR count). The molecule has 0 aliphatic carbocycles. The predicted octanol–water partition coefficient (Wildman–Crippen LogP) is 5.47. The number of piperidine rings is 1. The van der Waals surface area contributed by atoms with Gasteiger partial charge in [0, 0.05) is 12.1 Å². The molecule has 1 aliphatic heterocycles. The first-order valence-corrected chi connectivity index (χ1v) is 11.0. The van der Waals surface area contributed by atoms with Crippen LogP contribution >= 0.6 is 0 Å². The fourth-order valence-corrected chi connectivity index (χ4v) is 3.97. The summed E-state index contributed by atoms with van der Waals surface area (Å²) >= 11 is 0. The number of alkyl halides is 3. The minimum atomic E-state index is -4.39. The van der Waals surface area contributed by atoms with Crippen molar-refractivity contribution in [2.45, 2.75) is 44.6 Å². The Morgan fingerprint density at radius 2 is 1.85 bits per heavy atom. The molecular weight excluding hydrogens is 449 g/mol. The molecule has 1 fully saturated rings. The van der Waals surface area contributed by atoms with Crippen molar-refractivity contribution in [1.29, 1.82) is 0 Å². The van der Waals surface area contributed by atoms with Crippen LogP contribution < -0.4 is 4.74 Å². The van der Waals surface area contributed by atoms with Gasteiger partial charge in [-0.05, 0) is 61.3 Å². The standard InChI is InChI=1S/C25H25F3N2O4/c1-32-24(31)22-4-2-3-13-30(22)14-17-5-11-21(12-6-17)33-15-20-16-34-23(29-20)18-7-9-19(10-8-18)25(26,27)28/h5-12,16,22H,2-4,13-15H2,1H3. The summed E-state index contributed by atoms with van der Waals surface area (Å²) in [6.45, 7) is 1.66. The van der Waals surface area contributed by atoms with Gasteiger partial charge in [-0.1, -0.05) is 18.6 Å². The lowest BCUT2D eigenvalue weighted by atomic mass is 10.0. The zero-order valence-electron chi connectivity index (χ0n) is 18.7. The molecule has 6 nitrogen and oxygen atoms in total. The highest BCUT2D eigenvalue weighted by Gasteiger charge is 2.30. The number of likely N-dealkylation sites (tertiary alicyclic amines) is 1. The second-order valence-corrected chi connectivity index (χ2v) is 8.16. The Bertz CT molecular complexity index is 1090. The first kappa shape index (κ1) is 23.8. The van der Waals surface area contributed by atoms with E-state index in [4.69, 9.17) is 13.9 Å². The Morgan fingerprint density at radius 3 is 2.53 bits per heavy atom. The lowest BCUT2D eigenvalue weighted by Crippen LogP contribution is -2.44. The molecule has 9 heteroatoms. The molecule has 2 heterocycles. The third-order valence-electron chi connectivity index (χ3n) is 5.79. The van der Waals surface area contributed by atoms with Crippen molar-refractivity contribution in [2.75, 3.05) is 13.7 Å². The average molecular weight is 474 g/mol. The molecule has 0 saturated carbocycles. The number of benzene rings is 2. The maximum absolute atomic E-state index is 12.7. The van der Waals surface area contributed by atoms with Crippen LogP contribution in [0.1, 0.15) is 36.1 Å². The Morgan fingerprint density at radius 1 is 1.12 bits per heavy atom. The molecule has 0 radical (unpaired) electrons. The maximum Gasteiger partial charge on any atom is 0.416 e. The number of hydrogen-bond acceptors (Lipinski definition) is 6. The lowest BCUT2D eigenvalue weighted by molar-refractivity contribution is -0.148. The van der Waals surface area contributed by atoms with E-state index in [1.54, 1.807) is 0 Å². The second kappa shape index (κ2) is 10.3. The van der Waals surface area contributed by atoms with E-state index in [1.165, 1.54) is 25.5 Å². The fourth-order valence-electron chi connectivity index (χ4n) is 3.97. The maximum atomic E-state index is 12.7. The molecule has 0 bridgehead atoms. The van der Waals surface area contributed by atoms with E-state index in [-0.39, 0.29) is 24.5 Å². The van der Waals surface area contributed by atoms with Gasteiger partial charge in [0.2, 0.25) is 5.89 Å². The lowest BCUT2D eigenvalue weighted by Gasteiger charge is -2.33. The van der Waals surface area contributed by atoms with Gasteiger partial charge in [-0.15, -0.1) is 0 Å². The molecule has 1 unspecified atom stereocenters. The minimum absolute atomic E-state index is 0.153. The van der Waals surface area contributed by atoms with Gasteiger partial charge in [0.25, 0.3) is 0 Å². The van der Waals surface area contributed by atoms with E-state index >= 15 is 0 Å². The number of methoxy groups -OCH3 is 1. The molecule has 3 aromatic rings. The van der Waals surface area contributed by atoms with Crippen molar-refractivity contribution in [3.8, 4) is 17.2 Å². The van der Waals surface area contributed by atoms with Crippen LogP contribution in [0.5, 0.6) is 5.75 Å². The number of carbonyl (C=O) groups is 1. The van der Waals surface area contributed by atoms with Crippen LogP contribution in [0.25, 0.3) is 11.5 Å². The van der Waals surface area contributed by atoms with Crippen LogP contribution in [0.3, 0.4) is 0 Å². The highest BCUT2D eigenvalue weighted by molar-refractivity contribution is 5.75. The number of nitrogens with zero attached hydrogens (tertiary/aromatic N) is 2. The molecular formula is C25H25F3N2O4. The van der Waals surface area contributed by atoms with Crippen LogP contribution in [0.15, 0.2) is 59.2 Å². The Kier molecular flexibility index (Phi) is 7.21. The van der Waals surface area contributed by atoms with Crippen LogP contribution in [-0.4, -0.2) is 35.5 Å². The fraction of sp³-hybridized carbons (Fsp3) is 0.360. The first-order valence-electron chi connectivity index (χ1n) is 11.0. The summed E-state index contributed by atoms with van der Waals surface area (Å²) in [5.41, 5.74) is 1.31. The molecule has 1 saturated heterocycles. The van der Waals surface area contributed by atoms with Gasteiger partial charge < -0.3 is 13.9 Å². The minimum Gasteiger partial charge on any atom is -0.487 e. The van der Waals surface area contributed by atoms with Crippen molar-refractivity contribution in [3.63, 3.8) is 0 Å². The summed E-state index contributed by atoms with van der Waals surface area (Å²) in [5.74, 6) is 0.679. The number of aromatic nitrogens is 1. The quantitative estimate of drug-likeness (QED) is 0.424. The average Bonchev–Trinajstić information content (AvgIpc) is 3.32. The number of esters is 1. The molecule has 0 N–H and O–H groups in total. The van der Waals surface area contributed by atoms with Crippen LogP contribution in [-0.2, 0) is 28.9 Å². The third kappa shape index (κ3) is 5.77. The van der Waals surface area contributed by atoms with Gasteiger partial charge in [0.05, 0.1) is 12.7 Å². The van der Waals surface area contributed by atoms with E-state index in [9.17, 15) is 18.0 Å². The normalized spacial score (nSPS) is 16.9. The van der Waals surface area contributed by atoms with Crippen LogP contribution in [0.2, 0.25) is 0 Å². The van der Waals surface area contributed by atoms with Crippen LogP contribution in [0.4, 0.5) is 13.2 Å². The smallest absolute Gasteiger partial charge is 0.416 e. The number of oxazole rings is 1. The summed E-state index contributed by atoms with van der Waals surface area (Å²) in [7, 11) is 1.42. The zero-order chi connectivity index (χ0) is 24.1. The zero-order valence-corrected chi connectivity index (χ0v) is 18.7.